The maximum atomic E-state index is 13.1. The standard InChI is InChI=1S/C19H26N2O2/c1-20-13-14-21(12-11-18(20)22)19(23)17-10-6-5-9-16(17)15-7-3-2-4-8-15/h2-4,7-8,16-17H,5-6,9-14H2,1H3/t16-,17-/m1/s1. The molecule has 23 heavy (non-hydrogen) atoms. The van der Waals surface area contributed by atoms with Crippen molar-refractivity contribution < 1.29 is 9.59 Å². The number of likely N-dealkylation sites (N-methyl/N-ethyl adjacent to an activating group) is 1. The first-order valence-corrected chi connectivity index (χ1v) is 8.74. The van der Waals surface area contributed by atoms with E-state index in [2.05, 4.69) is 24.3 Å². The first kappa shape index (κ1) is 16.0. The maximum absolute atomic E-state index is 13.1. The maximum Gasteiger partial charge on any atom is 0.226 e. The SMILES string of the molecule is CN1CCN(C(=O)[C@@H]2CCCC[C@@H]2c2ccccc2)CCC1=O. The van der Waals surface area contributed by atoms with E-state index in [0.717, 1.165) is 19.3 Å². The highest BCUT2D eigenvalue weighted by molar-refractivity contribution is 5.82. The summed E-state index contributed by atoms with van der Waals surface area (Å²) in [6.45, 7) is 1.88. The molecule has 0 spiro atoms. The van der Waals surface area contributed by atoms with Crippen LogP contribution in [0.2, 0.25) is 0 Å². The summed E-state index contributed by atoms with van der Waals surface area (Å²) in [6.07, 6.45) is 4.84. The molecule has 124 valence electrons. The molecule has 1 aromatic rings. The van der Waals surface area contributed by atoms with Gasteiger partial charge in [0, 0.05) is 39.0 Å². The Morgan fingerprint density at radius 1 is 1.04 bits per heavy atom. The Morgan fingerprint density at radius 3 is 2.57 bits per heavy atom. The van der Waals surface area contributed by atoms with E-state index in [4.69, 9.17) is 0 Å². The largest absolute Gasteiger partial charge is 0.344 e. The fraction of sp³-hybridized carbons (Fsp3) is 0.579. The quantitative estimate of drug-likeness (QED) is 0.842. The van der Waals surface area contributed by atoms with E-state index in [0.29, 0.717) is 32.0 Å². The van der Waals surface area contributed by atoms with Crippen LogP contribution in [0.15, 0.2) is 30.3 Å². The van der Waals surface area contributed by atoms with Gasteiger partial charge >= 0.3 is 0 Å². The lowest BCUT2D eigenvalue weighted by atomic mass is 9.75. The van der Waals surface area contributed by atoms with Crippen molar-refractivity contribution in [3.05, 3.63) is 35.9 Å². The van der Waals surface area contributed by atoms with Gasteiger partial charge in [0.15, 0.2) is 0 Å². The summed E-state index contributed by atoms with van der Waals surface area (Å²) in [5, 5.41) is 0. The molecular formula is C19H26N2O2. The van der Waals surface area contributed by atoms with Gasteiger partial charge in [0.1, 0.15) is 0 Å². The van der Waals surface area contributed by atoms with E-state index in [9.17, 15) is 9.59 Å². The van der Waals surface area contributed by atoms with E-state index in [-0.39, 0.29) is 17.7 Å². The van der Waals surface area contributed by atoms with Gasteiger partial charge in [-0.25, -0.2) is 0 Å². The summed E-state index contributed by atoms with van der Waals surface area (Å²) in [6, 6.07) is 10.4. The Hall–Kier alpha value is -1.84. The Bertz CT molecular complexity index is 558. The number of carbonyl (C=O) groups excluding carboxylic acids is 2. The lowest BCUT2D eigenvalue weighted by molar-refractivity contribution is -0.137. The first-order valence-electron chi connectivity index (χ1n) is 8.74. The molecule has 4 nitrogen and oxygen atoms in total. The molecule has 1 saturated heterocycles. The summed E-state index contributed by atoms with van der Waals surface area (Å²) >= 11 is 0. The molecular weight excluding hydrogens is 288 g/mol. The van der Waals surface area contributed by atoms with E-state index in [1.165, 1.54) is 12.0 Å². The molecule has 1 aliphatic carbocycles. The van der Waals surface area contributed by atoms with Gasteiger partial charge in [-0.1, -0.05) is 43.2 Å². The average molecular weight is 314 g/mol. The average Bonchev–Trinajstić information content (AvgIpc) is 2.77. The predicted molar refractivity (Wildman–Crippen MR) is 90.0 cm³/mol. The van der Waals surface area contributed by atoms with E-state index >= 15 is 0 Å². The zero-order valence-corrected chi connectivity index (χ0v) is 13.9. The van der Waals surface area contributed by atoms with Crippen LogP contribution in [0.4, 0.5) is 0 Å². The predicted octanol–water partition coefficient (Wildman–Crippen LogP) is 2.65. The molecule has 2 amide bonds. The highest BCUT2D eigenvalue weighted by Gasteiger charge is 2.35. The van der Waals surface area contributed by atoms with Gasteiger partial charge in [-0.2, -0.15) is 0 Å². The lowest BCUT2D eigenvalue weighted by Crippen LogP contribution is -2.41. The second-order valence-electron chi connectivity index (χ2n) is 6.80. The molecule has 1 aliphatic heterocycles. The van der Waals surface area contributed by atoms with Crippen LogP contribution in [0, 0.1) is 5.92 Å². The van der Waals surface area contributed by atoms with Gasteiger partial charge in [-0.05, 0) is 24.3 Å². The van der Waals surface area contributed by atoms with Gasteiger partial charge in [-0.15, -0.1) is 0 Å². The van der Waals surface area contributed by atoms with Gasteiger partial charge in [-0.3, -0.25) is 9.59 Å². The van der Waals surface area contributed by atoms with Crippen LogP contribution in [0.25, 0.3) is 0 Å². The number of hydrogen-bond donors (Lipinski definition) is 0. The topological polar surface area (TPSA) is 40.6 Å². The number of nitrogens with zero attached hydrogens (tertiary/aromatic N) is 2. The van der Waals surface area contributed by atoms with Crippen LogP contribution in [-0.4, -0.2) is 48.3 Å². The van der Waals surface area contributed by atoms with Crippen LogP contribution in [0.5, 0.6) is 0 Å². The zero-order chi connectivity index (χ0) is 16.2. The van der Waals surface area contributed by atoms with Crippen LogP contribution in [-0.2, 0) is 9.59 Å². The molecule has 4 heteroatoms. The van der Waals surface area contributed by atoms with Gasteiger partial charge in [0.25, 0.3) is 0 Å². The molecule has 0 bridgehead atoms. The van der Waals surface area contributed by atoms with E-state index in [1.807, 2.05) is 18.0 Å². The molecule has 0 unspecified atom stereocenters. The number of amides is 2. The van der Waals surface area contributed by atoms with Crippen molar-refractivity contribution >= 4 is 11.8 Å². The third-order valence-corrected chi connectivity index (χ3v) is 5.35. The molecule has 0 radical (unpaired) electrons. The molecule has 2 atom stereocenters. The third kappa shape index (κ3) is 3.57. The van der Waals surface area contributed by atoms with Crippen molar-refractivity contribution in [3.63, 3.8) is 0 Å². The van der Waals surface area contributed by atoms with Crippen molar-refractivity contribution in [1.29, 1.82) is 0 Å². The molecule has 3 rings (SSSR count). The fourth-order valence-corrected chi connectivity index (χ4v) is 3.91. The highest BCUT2D eigenvalue weighted by atomic mass is 16.2. The third-order valence-electron chi connectivity index (χ3n) is 5.35. The molecule has 1 saturated carbocycles. The van der Waals surface area contributed by atoms with Crippen molar-refractivity contribution in [1.82, 2.24) is 9.80 Å². The van der Waals surface area contributed by atoms with Gasteiger partial charge in [0.05, 0.1) is 0 Å². The smallest absolute Gasteiger partial charge is 0.226 e. The summed E-state index contributed by atoms with van der Waals surface area (Å²) in [5.41, 5.74) is 1.29. The van der Waals surface area contributed by atoms with Crippen LogP contribution in [0.3, 0.4) is 0 Å². The second-order valence-corrected chi connectivity index (χ2v) is 6.80. The Kier molecular flexibility index (Phi) is 4.99. The highest BCUT2D eigenvalue weighted by Crippen LogP contribution is 2.38. The minimum atomic E-state index is 0.0738. The summed E-state index contributed by atoms with van der Waals surface area (Å²) in [4.78, 5) is 28.6. The number of hydrogen-bond acceptors (Lipinski definition) is 2. The van der Waals surface area contributed by atoms with Crippen molar-refractivity contribution in [3.8, 4) is 0 Å². The Balaban J connectivity index is 1.75. The Labute approximate surface area is 138 Å². The molecule has 1 heterocycles. The van der Waals surface area contributed by atoms with Gasteiger partial charge < -0.3 is 9.80 Å². The molecule has 0 N–H and O–H groups in total. The van der Waals surface area contributed by atoms with E-state index < -0.39 is 0 Å². The van der Waals surface area contributed by atoms with Crippen LogP contribution < -0.4 is 0 Å². The van der Waals surface area contributed by atoms with Crippen molar-refractivity contribution in [2.75, 3.05) is 26.7 Å². The summed E-state index contributed by atoms with van der Waals surface area (Å²) < 4.78 is 0. The lowest BCUT2D eigenvalue weighted by Gasteiger charge is -2.34. The van der Waals surface area contributed by atoms with Crippen molar-refractivity contribution in [2.45, 2.75) is 38.0 Å². The number of benzene rings is 1. The van der Waals surface area contributed by atoms with Crippen LogP contribution >= 0.6 is 0 Å². The minimum absolute atomic E-state index is 0.0738. The molecule has 2 fully saturated rings. The normalized spacial score (nSPS) is 26.0. The van der Waals surface area contributed by atoms with Gasteiger partial charge in [0.2, 0.25) is 11.8 Å². The first-order chi connectivity index (χ1) is 11.2. The zero-order valence-electron chi connectivity index (χ0n) is 13.9. The number of rotatable bonds is 2. The fourth-order valence-electron chi connectivity index (χ4n) is 3.91. The minimum Gasteiger partial charge on any atom is -0.344 e. The number of carbonyl (C=O) groups is 2. The monoisotopic (exact) mass is 314 g/mol. The Morgan fingerprint density at radius 2 is 1.78 bits per heavy atom. The molecule has 2 aliphatic rings. The second kappa shape index (κ2) is 7.16. The summed E-state index contributed by atoms with van der Waals surface area (Å²) in [7, 11) is 1.82. The van der Waals surface area contributed by atoms with E-state index in [1.54, 1.807) is 4.90 Å². The molecule has 0 aromatic heterocycles. The molecule has 1 aromatic carbocycles. The summed E-state index contributed by atoms with van der Waals surface area (Å²) in [5.74, 6) is 0.795. The van der Waals surface area contributed by atoms with Crippen LogP contribution in [0.1, 0.15) is 43.6 Å². The van der Waals surface area contributed by atoms with Crippen molar-refractivity contribution in [2.24, 2.45) is 5.92 Å².